The molecule has 0 saturated carbocycles. The van der Waals surface area contributed by atoms with E-state index in [1.54, 1.807) is 38.1 Å². The van der Waals surface area contributed by atoms with Gasteiger partial charge in [0.2, 0.25) is 0 Å². The number of carboxylic acid groups (broad SMARTS) is 1. The van der Waals surface area contributed by atoms with E-state index in [0.29, 0.717) is 31.8 Å². The van der Waals surface area contributed by atoms with Gasteiger partial charge in [0.25, 0.3) is 10.0 Å². The summed E-state index contributed by atoms with van der Waals surface area (Å²) >= 11 is 0. The van der Waals surface area contributed by atoms with Crippen molar-refractivity contribution in [1.82, 2.24) is 0 Å². The number of nitrogens with one attached hydrogen (secondary N) is 1. The lowest BCUT2D eigenvalue weighted by Gasteiger charge is -2.34. The van der Waals surface area contributed by atoms with Crippen LogP contribution in [0.2, 0.25) is 0 Å². The maximum atomic E-state index is 13.0. The van der Waals surface area contributed by atoms with Gasteiger partial charge in [0.1, 0.15) is 0 Å². The fourth-order valence-corrected chi connectivity index (χ4v) is 4.83. The third-order valence-electron chi connectivity index (χ3n) is 5.17. The van der Waals surface area contributed by atoms with Crippen molar-refractivity contribution in [3.05, 3.63) is 53.6 Å². The van der Waals surface area contributed by atoms with Crippen LogP contribution >= 0.6 is 0 Å². The van der Waals surface area contributed by atoms with Crippen LogP contribution in [0.3, 0.4) is 0 Å². The summed E-state index contributed by atoms with van der Waals surface area (Å²) in [5.41, 5.74) is 1.43. The maximum absolute atomic E-state index is 13.0. The molecular weight excluding hydrogens is 420 g/mol. The van der Waals surface area contributed by atoms with Crippen molar-refractivity contribution >= 4 is 33.3 Å². The van der Waals surface area contributed by atoms with Crippen LogP contribution in [0.25, 0.3) is 0 Å². The first-order valence-corrected chi connectivity index (χ1v) is 11.6. The minimum absolute atomic E-state index is 0.0374. The van der Waals surface area contributed by atoms with Crippen molar-refractivity contribution in [2.75, 3.05) is 29.3 Å². The van der Waals surface area contributed by atoms with E-state index in [1.807, 2.05) is 4.90 Å². The van der Waals surface area contributed by atoms with E-state index < -0.39 is 16.0 Å². The normalized spacial score (nSPS) is 16.6. The zero-order valence-corrected chi connectivity index (χ0v) is 18.3. The highest BCUT2D eigenvalue weighted by Crippen LogP contribution is 2.33. The molecule has 166 valence electrons. The SMILES string of the molecule is CCOC(=O)[C@H]1CCCN(c2ccc(C(=O)O)cc2NS(=O)(=O)c2cccc(C)c2)C1. The summed E-state index contributed by atoms with van der Waals surface area (Å²) in [7, 11) is -3.94. The second kappa shape index (κ2) is 9.38. The summed E-state index contributed by atoms with van der Waals surface area (Å²) in [5, 5.41) is 9.38. The Morgan fingerprint density at radius 3 is 2.68 bits per heavy atom. The summed E-state index contributed by atoms with van der Waals surface area (Å²) in [6, 6.07) is 10.8. The molecule has 2 aromatic carbocycles. The van der Waals surface area contributed by atoms with Crippen LogP contribution in [0.5, 0.6) is 0 Å². The van der Waals surface area contributed by atoms with Crippen LogP contribution in [0.4, 0.5) is 11.4 Å². The first kappa shape index (κ1) is 22.6. The molecule has 0 bridgehead atoms. The van der Waals surface area contributed by atoms with Crippen molar-refractivity contribution in [2.24, 2.45) is 5.92 Å². The molecule has 3 rings (SSSR count). The summed E-state index contributed by atoms with van der Waals surface area (Å²) in [5.74, 6) is -1.77. The largest absolute Gasteiger partial charge is 0.478 e. The molecule has 0 unspecified atom stereocenters. The minimum atomic E-state index is -3.94. The Balaban J connectivity index is 1.96. The highest BCUT2D eigenvalue weighted by Gasteiger charge is 2.29. The molecule has 9 heteroatoms. The van der Waals surface area contributed by atoms with Gasteiger partial charge >= 0.3 is 11.9 Å². The van der Waals surface area contributed by atoms with E-state index in [9.17, 15) is 23.1 Å². The lowest BCUT2D eigenvalue weighted by molar-refractivity contribution is -0.148. The Morgan fingerprint density at radius 1 is 1.23 bits per heavy atom. The monoisotopic (exact) mass is 446 g/mol. The third-order valence-corrected chi connectivity index (χ3v) is 6.53. The molecule has 8 nitrogen and oxygen atoms in total. The topological polar surface area (TPSA) is 113 Å². The van der Waals surface area contributed by atoms with Crippen LogP contribution in [0, 0.1) is 12.8 Å². The molecule has 0 aliphatic carbocycles. The van der Waals surface area contributed by atoms with E-state index in [2.05, 4.69) is 4.72 Å². The molecule has 1 heterocycles. The number of carbonyl (C=O) groups excluding carboxylic acids is 1. The second-order valence-corrected chi connectivity index (χ2v) is 9.18. The molecule has 0 radical (unpaired) electrons. The molecule has 0 spiro atoms. The van der Waals surface area contributed by atoms with E-state index in [-0.39, 0.29) is 28.0 Å². The number of nitrogens with zero attached hydrogens (tertiary/aromatic N) is 1. The number of aryl methyl sites for hydroxylation is 1. The second-order valence-electron chi connectivity index (χ2n) is 7.50. The number of carbonyl (C=O) groups is 2. The van der Waals surface area contributed by atoms with E-state index >= 15 is 0 Å². The Morgan fingerprint density at radius 2 is 2.00 bits per heavy atom. The number of sulfonamides is 1. The van der Waals surface area contributed by atoms with Crippen LogP contribution < -0.4 is 9.62 Å². The van der Waals surface area contributed by atoms with E-state index in [0.717, 1.165) is 12.0 Å². The number of rotatable bonds is 7. The van der Waals surface area contributed by atoms with Crippen molar-refractivity contribution in [2.45, 2.75) is 31.6 Å². The van der Waals surface area contributed by atoms with Gasteiger partial charge in [0.05, 0.1) is 34.4 Å². The summed E-state index contributed by atoms with van der Waals surface area (Å²) in [6.07, 6.45) is 1.42. The number of carboxylic acids is 1. The fourth-order valence-electron chi connectivity index (χ4n) is 3.66. The predicted octanol–water partition coefficient (Wildman–Crippen LogP) is 3.27. The van der Waals surface area contributed by atoms with Gasteiger partial charge in [-0.05, 0) is 62.6 Å². The molecule has 31 heavy (non-hydrogen) atoms. The number of esters is 1. The molecule has 1 saturated heterocycles. The van der Waals surface area contributed by atoms with Gasteiger partial charge in [-0.2, -0.15) is 0 Å². The number of anilines is 2. The molecule has 1 fully saturated rings. The maximum Gasteiger partial charge on any atom is 0.335 e. The van der Waals surface area contributed by atoms with Crippen LogP contribution in [-0.2, 0) is 19.6 Å². The smallest absolute Gasteiger partial charge is 0.335 e. The highest BCUT2D eigenvalue weighted by atomic mass is 32.2. The Labute approximate surface area is 181 Å². The highest BCUT2D eigenvalue weighted by molar-refractivity contribution is 7.92. The average Bonchev–Trinajstić information content (AvgIpc) is 2.73. The number of benzene rings is 2. The molecule has 1 atom stereocenters. The Hall–Kier alpha value is -3.07. The van der Waals surface area contributed by atoms with Crippen LogP contribution in [0.1, 0.15) is 35.7 Å². The molecule has 1 aliphatic heterocycles. The Kier molecular flexibility index (Phi) is 6.84. The molecule has 0 aromatic heterocycles. The van der Waals surface area contributed by atoms with Crippen LogP contribution in [0.15, 0.2) is 47.4 Å². The van der Waals surface area contributed by atoms with Crippen molar-refractivity contribution in [1.29, 1.82) is 0 Å². The molecule has 0 amide bonds. The van der Waals surface area contributed by atoms with Crippen LogP contribution in [-0.4, -0.2) is 45.2 Å². The lowest BCUT2D eigenvalue weighted by Crippen LogP contribution is -2.39. The number of aromatic carboxylic acids is 1. The first-order chi connectivity index (χ1) is 14.7. The van der Waals surface area contributed by atoms with Gasteiger partial charge < -0.3 is 14.7 Å². The van der Waals surface area contributed by atoms with Gasteiger partial charge in [-0.1, -0.05) is 12.1 Å². The molecule has 1 aliphatic rings. The lowest BCUT2D eigenvalue weighted by atomic mass is 9.97. The van der Waals surface area contributed by atoms with E-state index in [4.69, 9.17) is 4.74 Å². The summed E-state index contributed by atoms with van der Waals surface area (Å²) < 4.78 is 33.6. The van der Waals surface area contributed by atoms with Gasteiger partial charge in [-0.25, -0.2) is 13.2 Å². The Bertz CT molecular complexity index is 1080. The molecular formula is C22H26N2O6S. The standard InChI is InChI=1S/C22H26N2O6S/c1-3-30-22(27)17-7-5-11-24(14-17)20-10-9-16(21(25)26)13-19(20)23-31(28,29)18-8-4-6-15(2)12-18/h4,6,8-10,12-13,17,23H,3,5,7,11,14H2,1-2H3,(H,25,26)/t17-/m0/s1. The number of hydrogen-bond acceptors (Lipinski definition) is 6. The predicted molar refractivity (Wildman–Crippen MR) is 117 cm³/mol. The zero-order chi connectivity index (χ0) is 22.6. The zero-order valence-electron chi connectivity index (χ0n) is 17.5. The van der Waals surface area contributed by atoms with Crippen molar-refractivity contribution in [3.63, 3.8) is 0 Å². The average molecular weight is 447 g/mol. The summed E-state index contributed by atoms with van der Waals surface area (Å²) in [4.78, 5) is 25.7. The quantitative estimate of drug-likeness (QED) is 0.628. The minimum Gasteiger partial charge on any atom is -0.478 e. The fraction of sp³-hybridized carbons (Fsp3) is 0.364. The van der Waals surface area contributed by atoms with Gasteiger partial charge in [0, 0.05) is 13.1 Å². The molecule has 2 aromatic rings. The van der Waals surface area contributed by atoms with Crippen molar-refractivity contribution in [3.8, 4) is 0 Å². The number of ether oxygens (including phenoxy) is 1. The number of hydrogen-bond donors (Lipinski definition) is 2. The number of piperidine rings is 1. The van der Waals surface area contributed by atoms with E-state index in [1.165, 1.54) is 18.2 Å². The molecule has 2 N–H and O–H groups in total. The third kappa shape index (κ3) is 5.35. The van der Waals surface area contributed by atoms with Gasteiger partial charge in [0.15, 0.2) is 0 Å². The van der Waals surface area contributed by atoms with Gasteiger partial charge in [-0.15, -0.1) is 0 Å². The van der Waals surface area contributed by atoms with Crippen molar-refractivity contribution < 1.29 is 27.9 Å². The first-order valence-electron chi connectivity index (χ1n) is 10.1. The summed E-state index contributed by atoms with van der Waals surface area (Å²) in [6.45, 7) is 4.82. The van der Waals surface area contributed by atoms with Gasteiger partial charge in [-0.3, -0.25) is 9.52 Å².